The number of halogens is 1. The number of rotatable bonds is 2. The summed E-state index contributed by atoms with van der Waals surface area (Å²) in [4.78, 5) is 9.54. The normalized spacial score (nSPS) is 29.4. The van der Waals surface area contributed by atoms with E-state index >= 15 is 0 Å². The van der Waals surface area contributed by atoms with E-state index in [0.29, 0.717) is 6.61 Å². The summed E-state index contributed by atoms with van der Waals surface area (Å²) in [6.07, 6.45) is -0.0903. The van der Waals surface area contributed by atoms with Crippen molar-refractivity contribution in [2.45, 2.75) is 10.9 Å². The molecule has 1 N–H and O–H groups in total. The Morgan fingerprint density at radius 3 is 2.62 bits per heavy atom. The zero-order valence-corrected chi connectivity index (χ0v) is 5.59. The predicted octanol–water partition coefficient (Wildman–Crippen LogP) is 0.233. The highest BCUT2D eigenvalue weighted by atomic mass is 79.9. The van der Waals surface area contributed by atoms with E-state index in [-0.39, 0.29) is 6.10 Å². The number of aliphatic carboxylic acids is 1. The zero-order valence-electron chi connectivity index (χ0n) is 4.00. The lowest BCUT2D eigenvalue weighted by atomic mass is 10.3. The second-order valence-corrected chi connectivity index (χ2v) is 2.60. The lowest BCUT2D eigenvalue weighted by Gasteiger charge is -1.94. The van der Waals surface area contributed by atoms with Crippen molar-refractivity contribution < 1.29 is 14.6 Å². The van der Waals surface area contributed by atoms with Gasteiger partial charge in [0.2, 0.25) is 0 Å². The smallest absolute Gasteiger partial charge is 0.320 e. The molecule has 0 aromatic rings. The predicted molar refractivity (Wildman–Crippen MR) is 30.1 cm³/mol. The summed E-state index contributed by atoms with van der Waals surface area (Å²) < 4.78 is 4.70. The molecule has 0 radical (unpaired) electrons. The molecular weight excluding hydrogens is 176 g/mol. The highest BCUT2D eigenvalue weighted by Gasteiger charge is 2.35. The van der Waals surface area contributed by atoms with Crippen molar-refractivity contribution in [3.05, 3.63) is 0 Å². The van der Waals surface area contributed by atoms with E-state index in [9.17, 15) is 4.79 Å². The molecule has 1 saturated heterocycles. The summed E-state index contributed by atoms with van der Waals surface area (Å²) in [5.74, 6) is -0.854. The fourth-order valence-corrected chi connectivity index (χ4v) is 0.689. The zero-order chi connectivity index (χ0) is 6.15. The van der Waals surface area contributed by atoms with Crippen LogP contribution in [0.25, 0.3) is 0 Å². The molecule has 3 nitrogen and oxygen atoms in total. The average Bonchev–Trinajstić information content (AvgIpc) is 2.43. The number of carbonyl (C=O) groups is 1. The van der Waals surface area contributed by atoms with E-state index < -0.39 is 10.8 Å². The summed E-state index contributed by atoms with van der Waals surface area (Å²) in [6.45, 7) is 0.572. The van der Waals surface area contributed by atoms with E-state index in [4.69, 9.17) is 9.84 Å². The Hall–Kier alpha value is -0.0900. The molecule has 46 valence electrons. The van der Waals surface area contributed by atoms with Crippen LogP contribution >= 0.6 is 15.9 Å². The second-order valence-electron chi connectivity index (χ2n) is 1.61. The molecule has 8 heavy (non-hydrogen) atoms. The minimum absolute atomic E-state index is 0.0903. The Morgan fingerprint density at radius 1 is 2.00 bits per heavy atom. The molecule has 2 atom stereocenters. The van der Waals surface area contributed by atoms with Gasteiger partial charge in [-0.3, -0.25) is 4.79 Å². The molecule has 1 fully saturated rings. The number of carboxylic acids is 1. The Labute approximate surface area is 54.8 Å². The van der Waals surface area contributed by atoms with E-state index in [1.165, 1.54) is 0 Å². The van der Waals surface area contributed by atoms with Gasteiger partial charge in [0, 0.05) is 0 Å². The summed E-state index contributed by atoms with van der Waals surface area (Å²) in [7, 11) is 0. The molecule has 0 bridgehead atoms. The van der Waals surface area contributed by atoms with Crippen molar-refractivity contribution in [1.29, 1.82) is 0 Å². The Kier molecular flexibility index (Phi) is 1.53. The van der Waals surface area contributed by atoms with Crippen LogP contribution in [0.3, 0.4) is 0 Å². The third kappa shape index (κ3) is 1.20. The van der Waals surface area contributed by atoms with E-state index in [1.807, 2.05) is 0 Å². The first kappa shape index (κ1) is 6.04. The Balaban J connectivity index is 2.32. The largest absolute Gasteiger partial charge is 0.480 e. The average molecular weight is 181 g/mol. The Bertz CT molecular complexity index is 110. The van der Waals surface area contributed by atoms with Gasteiger partial charge in [-0.05, 0) is 0 Å². The van der Waals surface area contributed by atoms with Crippen LogP contribution in [-0.4, -0.2) is 28.6 Å². The summed E-state index contributed by atoms with van der Waals surface area (Å²) in [5.41, 5.74) is 0. The molecule has 0 aliphatic carbocycles. The third-order valence-electron chi connectivity index (χ3n) is 0.921. The molecule has 0 aromatic carbocycles. The quantitative estimate of drug-likeness (QED) is 0.490. The van der Waals surface area contributed by atoms with Crippen molar-refractivity contribution >= 4 is 21.9 Å². The maximum Gasteiger partial charge on any atom is 0.320 e. The van der Waals surface area contributed by atoms with Gasteiger partial charge >= 0.3 is 5.97 Å². The van der Waals surface area contributed by atoms with Crippen LogP contribution in [0.4, 0.5) is 0 Å². The van der Waals surface area contributed by atoms with Crippen molar-refractivity contribution in [2.24, 2.45) is 0 Å². The first-order valence-electron chi connectivity index (χ1n) is 2.20. The van der Waals surface area contributed by atoms with Crippen molar-refractivity contribution in [2.75, 3.05) is 6.61 Å². The molecule has 0 aromatic heterocycles. The van der Waals surface area contributed by atoms with E-state index in [1.54, 1.807) is 0 Å². The van der Waals surface area contributed by atoms with Crippen LogP contribution in [0, 0.1) is 0 Å². The summed E-state index contributed by atoms with van der Waals surface area (Å²) >= 11 is 2.94. The highest BCUT2D eigenvalue weighted by molar-refractivity contribution is 9.10. The number of hydrogen-bond acceptors (Lipinski definition) is 2. The van der Waals surface area contributed by atoms with Crippen LogP contribution in [0.15, 0.2) is 0 Å². The van der Waals surface area contributed by atoms with Gasteiger partial charge in [-0.15, -0.1) is 0 Å². The number of alkyl halides is 1. The Morgan fingerprint density at radius 2 is 2.50 bits per heavy atom. The fourth-order valence-electron chi connectivity index (χ4n) is 0.384. The fraction of sp³-hybridized carbons (Fsp3) is 0.750. The molecule has 0 amide bonds. The lowest BCUT2D eigenvalue weighted by Crippen LogP contribution is -2.18. The van der Waals surface area contributed by atoms with Crippen molar-refractivity contribution in [3.8, 4) is 0 Å². The minimum atomic E-state index is -0.854. The monoisotopic (exact) mass is 180 g/mol. The molecule has 1 rings (SSSR count). The first-order valence-corrected chi connectivity index (χ1v) is 3.12. The molecule has 4 heteroatoms. The van der Waals surface area contributed by atoms with Crippen LogP contribution in [0.5, 0.6) is 0 Å². The van der Waals surface area contributed by atoms with Crippen LogP contribution in [-0.2, 0) is 9.53 Å². The number of carboxylic acid groups (broad SMARTS) is 1. The lowest BCUT2D eigenvalue weighted by molar-refractivity contribution is -0.136. The van der Waals surface area contributed by atoms with Crippen LogP contribution in [0.2, 0.25) is 0 Å². The van der Waals surface area contributed by atoms with Gasteiger partial charge in [0.1, 0.15) is 10.9 Å². The van der Waals surface area contributed by atoms with Gasteiger partial charge in [-0.1, -0.05) is 15.9 Å². The maximum absolute atomic E-state index is 10.1. The maximum atomic E-state index is 10.1. The third-order valence-corrected chi connectivity index (χ3v) is 1.90. The standard InChI is InChI=1S/C4H5BrO3/c5-3(4(6)7)2-1-8-2/h2-3H,1H2,(H,6,7)/t2-,3-/m1/s1. The van der Waals surface area contributed by atoms with Crippen LogP contribution in [0.1, 0.15) is 0 Å². The minimum Gasteiger partial charge on any atom is -0.480 e. The summed E-state index contributed by atoms with van der Waals surface area (Å²) in [5, 5.41) is 8.27. The van der Waals surface area contributed by atoms with Crippen molar-refractivity contribution in [1.82, 2.24) is 0 Å². The molecule has 1 heterocycles. The number of epoxide rings is 1. The van der Waals surface area contributed by atoms with E-state index in [0.717, 1.165) is 0 Å². The van der Waals surface area contributed by atoms with Crippen LogP contribution < -0.4 is 0 Å². The SMILES string of the molecule is O=C(O)[C@H](Br)[C@H]1CO1. The topological polar surface area (TPSA) is 49.8 Å². The first-order chi connectivity index (χ1) is 3.72. The molecule has 0 spiro atoms. The van der Waals surface area contributed by atoms with Crippen molar-refractivity contribution in [3.63, 3.8) is 0 Å². The van der Waals surface area contributed by atoms with Gasteiger partial charge in [0.25, 0.3) is 0 Å². The molecule has 1 aliphatic rings. The number of ether oxygens (including phenoxy) is 1. The second kappa shape index (κ2) is 2.03. The number of hydrogen-bond donors (Lipinski definition) is 1. The highest BCUT2D eigenvalue weighted by Crippen LogP contribution is 2.20. The van der Waals surface area contributed by atoms with E-state index in [2.05, 4.69) is 15.9 Å². The molecule has 0 unspecified atom stereocenters. The summed E-state index contributed by atoms with van der Waals surface area (Å²) in [6, 6.07) is 0. The molecule has 0 saturated carbocycles. The molecule has 1 aliphatic heterocycles. The van der Waals surface area contributed by atoms with Gasteiger partial charge in [0.05, 0.1) is 6.61 Å². The van der Waals surface area contributed by atoms with Gasteiger partial charge in [-0.2, -0.15) is 0 Å². The van der Waals surface area contributed by atoms with Gasteiger partial charge in [-0.25, -0.2) is 0 Å². The van der Waals surface area contributed by atoms with Gasteiger partial charge in [0.15, 0.2) is 0 Å². The molecular formula is C4H5BrO3. The van der Waals surface area contributed by atoms with Gasteiger partial charge < -0.3 is 9.84 Å².